The maximum Gasteiger partial charge on any atom is 0.416 e. The molecule has 2 nitrogen and oxygen atoms in total. The van der Waals surface area contributed by atoms with Crippen LogP contribution >= 0.6 is 22.9 Å². The Morgan fingerprint density at radius 2 is 1.56 bits per heavy atom. The van der Waals surface area contributed by atoms with Gasteiger partial charge < -0.3 is 5.32 Å². The molecule has 0 atom stereocenters. The summed E-state index contributed by atoms with van der Waals surface area (Å²) in [5.41, 5.74) is 0.538. The molecule has 0 aliphatic carbocycles. The molecule has 0 radical (unpaired) electrons. The van der Waals surface area contributed by atoms with Crippen molar-refractivity contribution in [1.82, 2.24) is 0 Å². The fourth-order valence-corrected chi connectivity index (χ4v) is 3.20. The van der Waals surface area contributed by atoms with E-state index in [2.05, 4.69) is 5.32 Å². The van der Waals surface area contributed by atoms with Crippen LogP contribution in [0.3, 0.4) is 0 Å². The van der Waals surface area contributed by atoms with Crippen molar-refractivity contribution in [2.75, 3.05) is 5.32 Å². The molecule has 3 rings (SSSR count). The fourth-order valence-electron chi connectivity index (χ4n) is 2.16. The Balaban J connectivity index is 1.75. The predicted molar refractivity (Wildman–Crippen MR) is 94.2 cm³/mol. The monoisotopic (exact) mass is 381 g/mol. The maximum atomic E-state index is 12.6. The van der Waals surface area contributed by atoms with Crippen molar-refractivity contribution in [2.24, 2.45) is 0 Å². The van der Waals surface area contributed by atoms with Crippen LogP contribution in [-0.4, -0.2) is 5.91 Å². The van der Waals surface area contributed by atoms with Crippen molar-refractivity contribution in [3.63, 3.8) is 0 Å². The second-order valence-corrected chi connectivity index (χ2v) is 6.72. The number of halogens is 4. The van der Waals surface area contributed by atoms with Crippen LogP contribution in [-0.2, 0) is 6.18 Å². The summed E-state index contributed by atoms with van der Waals surface area (Å²) in [6.07, 6.45) is -4.36. The van der Waals surface area contributed by atoms with Gasteiger partial charge in [-0.15, -0.1) is 11.3 Å². The summed E-state index contributed by atoms with van der Waals surface area (Å²) in [5.74, 6) is -0.287. The summed E-state index contributed by atoms with van der Waals surface area (Å²) in [6, 6.07) is 14.9. The zero-order chi connectivity index (χ0) is 18.0. The third-order valence-corrected chi connectivity index (χ3v) is 4.81. The average molecular weight is 382 g/mol. The molecule has 1 heterocycles. The second kappa shape index (κ2) is 6.90. The minimum absolute atomic E-state index is 0.287. The van der Waals surface area contributed by atoms with Gasteiger partial charge in [-0.1, -0.05) is 23.7 Å². The lowest BCUT2D eigenvalue weighted by Crippen LogP contribution is -2.09. The van der Waals surface area contributed by atoms with E-state index >= 15 is 0 Å². The summed E-state index contributed by atoms with van der Waals surface area (Å²) < 4.78 is 37.8. The van der Waals surface area contributed by atoms with E-state index in [1.54, 1.807) is 36.4 Å². The van der Waals surface area contributed by atoms with Gasteiger partial charge in [-0.2, -0.15) is 13.2 Å². The third kappa shape index (κ3) is 4.21. The van der Waals surface area contributed by atoms with E-state index in [9.17, 15) is 18.0 Å². The SMILES string of the molecule is O=C(Nc1ccc(Cl)cc1)c1ccc(-c2ccc(C(F)(F)F)cc2)s1. The number of thiophene rings is 1. The number of carbonyl (C=O) groups is 1. The molecule has 0 saturated carbocycles. The van der Waals surface area contributed by atoms with Crippen molar-refractivity contribution in [3.8, 4) is 10.4 Å². The molecule has 1 N–H and O–H groups in total. The van der Waals surface area contributed by atoms with Gasteiger partial charge in [-0.25, -0.2) is 0 Å². The van der Waals surface area contributed by atoms with E-state index < -0.39 is 11.7 Å². The quantitative estimate of drug-likeness (QED) is 0.563. The molecule has 0 spiro atoms. The van der Waals surface area contributed by atoms with Gasteiger partial charge in [0, 0.05) is 15.6 Å². The van der Waals surface area contributed by atoms with E-state index in [1.165, 1.54) is 23.5 Å². The zero-order valence-electron chi connectivity index (χ0n) is 12.6. The highest BCUT2D eigenvalue weighted by Gasteiger charge is 2.30. The van der Waals surface area contributed by atoms with Gasteiger partial charge in [-0.05, 0) is 54.1 Å². The number of hydrogen-bond acceptors (Lipinski definition) is 2. The van der Waals surface area contributed by atoms with Gasteiger partial charge in [0.25, 0.3) is 5.91 Å². The third-order valence-electron chi connectivity index (χ3n) is 3.43. The Hall–Kier alpha value is -2.31. The van der Waals surface area contributed by atoms with E-state index in [4.69, 9.17) is 11.6 Å². The number of anilines is 1. The summed E-state index contributed by atoms with van der Waals surface area (Å²) in [7, 11) is 0. The normalized spacial score (nSPS) is 11.4. The smallest absolute Gasteiger partial charge is 0.321 e. The van der Waals surface area contributed by atoms with Crippen LogP contribution in [0.25, 0.3) is 10.4 Å². The van der Waals surface area contributed by atoms with Crippen LogP contribution in [0.1, 0.15) is 15.2 Å². The molecule has 0 saturated heterocycles. The summed E-state index contributed by atoms with van der Waals surface area (Å²) >= 11 is 7.01. The largest absolute Gasteiger partial charge is 0.416 e. The Kier molecular flexibility index (Phi) is 4.83. The van der Waals surface area contributed by atoms with Gasteiger partial charge >= 0.3 is 6.18 Å². The van der Waals surface area contributed by atoms with Crippen LogP contribution < -0.4 is 5.32 Å². The predicted octanol–water partition coefficient (Wildman–Crippen LogP) is 6.34. The molecule has 2 aromatic carbocycles. The highest BCUT2D eigenvalue weighted by atomic mass is 35.5. The lowest BCUT2D eigenvalue weighted by molar-refractivity contribution is -0.137. The topological polar surface area (TPSA) is 29.1 Å². The van der Waals surface area contributed by atoms with E-state index in [1.807, 2.05) is 0 Å². The molecule has 3 aromatic rings. The summed E-state index contributed by atoms with van der Waals surface area (Å²) in [4.78, 5) is 13.4. The van der Waals surface area contributed by atoms with E-state index in [0.717, 1.165) is 17.0 Å². The molecule has 1 amide bonds. The van der Waals surface area contributed by atoms with Crippen molar-refractivity contribution in [2.45, 2.75) is 6.18 Å². The van der Waals surface area contributed by atoms with Crippen molar-refractivity contribution in [1.29, 1.82) is 0 Å². The highest BCUT2D eigenvalue weighted by molar-refractivity contribution is 7.17. The second-order valence-electron chi connectivity index (χ2n) is 5.20. The fraction of sp³-hybridized carbons (Fsp3) is 0.0556. The van der Waals surface area contributed by atoms with Crippen molar-refractivity contribution in [3.05, 3.63) is 76.1 Å². The molecule has 128 valence electrons. The van der Waals surface area contributed by atoms with E-state index in [-0.39, 0.29) is 5.91 Å². The molecule has 7 heteroatoms. The number of hydrogen-bond donors (Lipinski definition) is 1. The van der Waals surface area contributed by atoms with Crippen LogP contribution in [0.2, 0.25) is 5.02 Å². The first-order valence-corrected chi connectivity index (χ1v) is 8.37. The lowest BCUT2D eigenvalue weighted by Gasteiger charge is -2.06. The van der Waals surface area contributed by atoms with Gasteiger partial charge in [0.1, 0.15) is 0 Å². The average Bonchev–Trinajstić information content (AvgIpc) is 3.06. The number of carbonyl (C=O) groups excluding carboxylic acids is 1. The highest BCUT2D eigenvalue weighted by Crippen LogP contribution is 2.33. The maximum absolute atomic E-state index is 12.6. The molecule has 0 aliphatic heterocycles. The number of alkyl halides is 3. The molecule has 0 fully saturated rings. The number of rotatable bonds is 3. The van der Waals surface area contributed by atoms with Crippen molar-refractivity contribution >= 4 is 34.5 Å². The van der Waals surface area contributed by atoms with Crippen LogP contribution in [0.5, 0.6) is 0 Å². The van der Waals surface area contributed by atoms with Crippen LogP contribution in [0.15, 0.2) is 60.7 Å². The van der Waals surface area contributed by atoms with Crippen LogP contribution in [0, 0.1) is 0 Å². The minimum atomic E-state index is -4.36. The number of amides is 1. The first-order valence-electron chi connectivity index (χ1n) is 7.17. The molecule has 0 bridgehead atoms. The zero-order valence-corrected chi connectivity index (χ0v) is 14.2. The van der Waals surface area contributed by atoms with Gasteiger partial charge in [0.05, 0.1) is 10.4 Å². The first kappa shape index (κ1) is 17.5. The molecular weight excluding hydrogens is 371 g/mol. The Labute approximate surface area is 150 Å². The van der Waals surface area contributed by atoms with Crippen LogP contribution in [0.4, 0.5) is 18.9 Å². The van der Waals surface area contributed by atoms with Crippen molar-refractivity contribution < 1.29 is 18.0 Å². The molecule has 1 aromatic heterocycles. The molecule has 0 unspecified atom stereocenters. The van der Waals surface area contributed by atoms with Gasteiger partial charge in [0.2, 0.25) is 0 Å². The number of nitrogens with one attached hydrogen (secondary N) is 1. The summed E-state index contributed by atoms with van der Waals surface area (Å²) in [5, 5.41) is 3.31. The van der Waals surface area contributed by atoms with E-state index in [0.29, 0.717) is 21.2 Å². The van der Waals surface area contributed by atoms with Gasteiger partial charge in [-0.3, -0.25) is 4.79 Å². The Morgan fingerprint density at radius 3 is 2.16 bits per heavy atom. The minimum Gasteiger partial charge on any atom is -0.321 e. The Morgan fingerprint density at radius 1 is 0.920 bits per heavy atom. The van der Waals surface area contributed by atoms with Gasteiger partial charge in [0.15, 0.2) is 0 Å². The number of benzene rings is 2. The molecule has 25 heavy (non-hydrogen) atoms. The summed E-state index contributed by atoms with van der Waals surface area (Å²) in [6.45, 7) is 0. The molecule has 0 aliphatic rings. The Bertz CT molecular complexity index is 886. The standard InChI is InChI=1S/C18H11ClF3NOS/c19-13-5-7-14(8-6-13)23-17(24)16-10-9-15(25-16)11-1-3-12(4-2-11)18(20,21)22/h1-10H,(H,23,24). The first-order chi connectivity index (χ1) is 11.8. The molecular formula is C18H11ClF3NOS. The lowest BCUT2D eigenvalue weighted by atomic mass is 10.1.